The number of alkyl halides is 2. The van der Waals surface area contributed by atoms with E-state index in [9.17, 15) is 4.39 Å². The van der Waals surface area contributed by atoms with Crippen molar-refractivity contribution in [2.24, 2.45) is 16.6 Å². The molecule has 0 fully saturated rings. The second kappa shape index (κ2) is 9.21. The van der Waals surface area contributed by atoms with Gasteiger partial charge >= 0.3 is 0 Å². The molecule has 0 atom stereocenters. The van der Waals surface area contributed by atoms with Crippen LogP contribution in [0.1, 0.15) is 16.7 Å². The fourth-order valence-corrected chi connectivity index (χ4v) is 3.09. The number of hydrogen-bond donors (Lipinski definition) is 3. The van der Waals surface area contributed by atoms with Crippen LogP contribution in [-0.4, -0.2) is 24.1 Å². The first-order chi connectivity index (χ1) is 14.8. The number of nitrogens with one attached hydrogen (secondary N) is 1. The number of rotatable bonds is 8. The van der Waals surface area contributed by atoms with E-state index in [1.165, 1.54) is 24.4 Å². The highest BCUT2D eigenvalue weighted by Crippen LogP contribution is 2.34. The summed E-state index contributed by atoms with van der Waals surface area (Å²) in [5, 5.41) is 15.5. The smallest absolute Gasteiger partial charge is 0.292 e. The highest BCUT2D eigenvalue weighted by atomic mass is 19.3. The molecule has 0 saturated heterocycles. The van der Waals surface area contributed by atoms with Gasteiger partial charge in [-0.25, -0.2) is 4.39 Å². The Morgan fingerprint density at radius 3 is 2.74 bits per heavy atom. The molecule has 10 heteroatoms. The van der Waals surface area contributed by atoms with Gasteiger partial charge in [-0.2, -0.15) is 14.0 Å². The number of halogens is 3. The summed E-state index contributed by atoms with van der Waals surface area (Å²) in [6, 6.07) is 12.0. The molecular formula is C21H19F3N6O. The molecule has 0 aliphatic rings. The molecule has 1 heterocycles. The van der Waals surface area contributed by atoms with Crippen LogP contribution in [0.15, 0.2) is 53.8 Å². The maximum Gasteiger partial charge on any atom is 0.292 e. The lowest BCUT2D eigenvalue weighted by Gasteiger charge is -2.21. The molecule has 0 radical (unpaired) electrons. The van der Waals surface area contributed by atoms with E-state index in [1.54, 1.807) is 18.2 Å². The second-order valence-electron chi connectivity index (χ2n) is 6.64. The van der Waals surface area contributed by atoms with Gasteiger partial charge in [0.25, 0.3) is 5.92 Å². The van der Waals surface area contributed by atoms with Crippen LogP contribution in [0.5, 0.6) is 0 Å². The molecular weight excluding hydrogens is 409 g/mol. The Kier molecular flexibility index (Phi) is 6.45. The topological polar surface area (TPSA) is 122 Å². The number of nitriles is 1. The van der Waals surface area contributed by atoms with Crippen LogP contribution in [0.3, 0.4) is 0 Å². The third-order valence-corrected chi connectivity index (χ3v) is 4.45. The van der Waals surface area contributed by atoms with Crippen LogP contribution < -0.4 is 16.8 Å². The van der Waals surface area contributed by atoms with Gasteiger partial charge in [0.1, 0.15) is 12.4 Å². The molecule has 0 unspecified atom stereocenters. The molecule has 0 spiro atoms. The van der Waals surface area contributed by atoms with E-state index >= 15 is 8.78 Å². The first-order valence-corrected chi connectivity index (χ1v) is 9.21. The van der Waals surface area contributed by atoms with Crippen molar-refractivity contribution in [3.63, 3.8) is 0 Å². The second-order valence-corrected chi connectivity index (χ2v) is 6.64. The molecule has 0 aliphatic carbocycles. The number of nitrogens with zero attached hydrogens (tertiary/aromatic N) is 3. The summed E-state index contributed by atoms with van der Waals surface area (Å²) in [5.74, 6) is -4.47. The Balaban J connectivity index is 1.85. The quantitative estimate of drug-likeness (QED) is 0.219. The Labute approximate surface area is 176 Å². The van der Waals surface area contributed by atoms with E-state index in [0.29, 0.717) is 5.39 Å². The summed E-state index contributed by atoms with van der Waals surface area (Å²) in [4.78, 5) is 8.94. The SMILES string of the molecule is N#Cc1cc(F)c(NCC(F)(F)c2cccc3cccnc23)c(CCON=C(N)N)c1. The van der Waals surface area contributed by atoms with Crippen LogP contribution in [0.4, 0.5) is 18.9 Å². The van der Waals surface area contributed by atoms with E-state index in [-0.39, 0.29) is 46.9 Å². The van der Waals surface area contributed by atoms with Crippen LogP contribution >= 0.6 is 0 Å². The Hall–Kier alpha value is -4.00. The van der Waals surface area contributed by atoms with Crippen molar-refractivity contribution in [3.05, 3.63) is 71.2 Å². The number of nitrogens with two attached hydrogens (primary N) is 2. The Morgan fingerprint density at radius 1 is 1.23 bits per heavy atom. The van der Waals surface area contributed by atoms with Crippen LogP contribution in [0, 0.1) is 17.1 Å². The van der Waals surface area contributed by atoms with Gasteiger partial charge < -0.3 is 21.6 Å². The minimum atomic E-state index is -3.35. The van der Waals surface area contributed by atoms with Crippen molar-refractivity contribution < 1.29 is 18.0 Å². The van der Waals surface area contributed by atoms with Gasteiger partial charge in [0.05, 0.1) is 29.4 Å². The van der Waals surface area contributed by atoms with Gasteiger partial charge in [0.2, 0.25) is 5.96 Å². The lowest BCUT2D eigenvalue weighted by molar-refractivity contribution is 0.0120. The fourth-order valence-electron chi connectivity index (χ4n) is 3.09. The normalized spacial score (nSPS) is 11.0. The average molecular weight is 428 g/mol. The van der Waals surface area contributed by atoms with Crippen molar-refractivity contribution in [1.82, 2.24) is 4.98 Å². The van der Waals surface area contributed by atoms with Crippen molar-refractivity contribution in [2.45, 2.75) is 12.3 Å². The third-order valence-electron chi connectivity index (χ3n) is 4.45. The molecule has 3 aromatic rings. The molecule has 2 aromatic carbocycles. The van der Waals surface area contributed by atoms with Crippen molar-refractivity contribution >= 4 is 22.5 Å². The number of para-hydroxylation sites is 1. The largest absolute Gasteiger partial charge is 0.393 e. The van der Waals surface area contributed by atoms with Crippen molar-refractivity contribution in [3.8, 4) is 6.07 Å². The summed E-state index contributed by atoms with van der Waals surface area (Å²) in [5.41, 5.74) is 10.4. The fraction of sp³-hybridized carbons (Fsp3) is 0.190. The third kappa shape index (κ3) is 5.14. The van der Waals surface area contributed by atoms with Gasteiger partial charge in [-0.15, -0.1) is 0 Å². The summed E-state index contributed by atoms with van der Waals surface area (Å²) in [6.07, 6.45) is 1.51. The minimum absolute atomic E-state index is 0.0462. The van der Waals surface area contributed by atoms with Gasteiger partial charge in [0, 0.05) is 23.6 Å². The maximum absolute atomic E-state index is 15.0. The van der Waals surface area contributed by atoms with Crippen LogP contribution in [0.2, 0.25) is 0 Å². The number of oxime groups is 1. The number of aromatic nitrogens is 1. The lowest BCUT2D eigenvalue weighted by Crippen LogP contribution is -2.26. The highest BCUT2D eigenvalue weighted by molar-refractivity contribution is 5.82. The van der Waals surface area contributed by atoms with Gasteiger partial charge in [-0.1, -0.05) is 24.3 Å². The molecule has 0 saturated carbocycles. The average Bonchev–Trinajstić information content (AvgIpc) is 2.75. The molecule has 1 aromatic heterocycles. The molecule has 7 nitrogen and oxygen atoms in total. The molecule has 0 bridgehead atoms. The number of hydrogen-bond acceptors (Lipinski definition) is 5. The van der Waals surface area contributed by atoms with Gasteiger partial charge in [-0.3, -0.25) is 4.98 Å². The predicted molar refractivity (Wildman–Crippen MR) is 111 cm³/mol. The molecule has 3 rings (SSSR count). The number of anilines is 1. The monoisotopic (exact) mass is 428 g/mol. The summed E-state index contributed by atoms with van der Waals surface area (Å²) in [7, 11) is 0. The van der Waals surface area contributed by atoms with E-state index in [0.717, 1.165) is 6.07 Å². The first kappa shape index (κ1) is 21.7. The van der Waals surface area contributed by atoms with Gasteiger partial charge in [-0.05, 0) is 28.9 Å². The summed E-state index contributed by atoms with van der Waals surface area (Å²) >= 11 is 0. The zero-order valence-electron chi connectivity index (χ0n) is 16.3. The van der Waals surface area contributed by atoms with Crippen molar-refractivity contribution in [2.75, 3.05) is 18.5 Å². The molecule has 0 amide bonds. The van der Waals surface area contributed by atoms with E-state index < -0.39 is 18.3 Å². The van der Waals surface area contributed by atoms with Crippen LogP contribution in [-0.2, 0) is 17.2 Å². The predicted octanol–water partition coefficient (Wildman–Crippen LogP) is 3.20. The number of guanidine groups is 1. The molecule has 160 valence electrons. The zero-order valence-corrected chi connectivity index (χ0v) is 16.3. The molecule has 0 aliphatic heterocycles. The number of benzene rings is 2. The summed E-state index contributed by atoms with van der Waals surface area (Å²) in [6.45, 7) is -0.933. The van der Waals surface area contributed by atoms with Crippen molar-refractivity contribution in [1.29, 1.82) is 5.26 Å². The lowest BCUT2D eigenvalue weighted by atomic mass is 10.0. The standard InChI is InChI=1S/C21H19F3N6O/c22-17-10-13(11-25)9-15(6-8-31-30-20(26)27)19(17)29-12-21(23,24)16-5-1-3-14-4-2-7-28-18(14)16/h1-5,7,9-10,29H,6,8,12H2,(H4,26,27,30). The van der Waals surface area contributed by atoms with Gasteiger partial charge in [0.15, 0.2) is 0 Å². The molecule has 5 N–H and O–H groups in total. The van der Waals surface area contributed by atoms with E-state index in [2.05, 4.69) is 15.5 Å². The van der Waals surface area contributed by atoms with Crippen LogP contribution in [0.25, 0.3) is 10.9 Å². The first-order valence-electron chi connectivity index (χ1n) is 9.21. The van der Waals surface area contributed by atoms with E-state index in [4.69, 9.17) is 21.6 Å². The number of pyridine rings is 1. The minimum Gasteiger partial charge on any atom is -0.393 e. The van der Waals surface area contributed by atoms with E-state index in [1.807, 2.05) is 6.07 Å². The zero-order chi connectivity index (χ0) is 22.4. The maximum atomic E-state index is 15.0. The highest BCUT2D eigenvalue weighted by Gasteiger charge is 2.34. The number of fused-ring (bicyclic) bond motifs is 1. The molecule has 31 heavy (non-hydrogen) atoms. The summed E-state index contributed by atoms with van der Waals surface area (Å²) < 4.78 is 44.6. The Bertz CT molecular complexity index is 1150. The Morgan fingerprint density at radius 2 is 2.00 bits per heavy atom.